The Morgan fingerprint density at radius 1 is 1.42 bits per heavy atom. The summed E-state index contributed by atoms with van der Waals surface area (Å²) < 4.78 is 0. The largest absolute Gasteiger partial charge is 0.330 e. The van der Waals surface area contributed by atoms with Crippen LogP contribution in [-0.2, 0) is 0 Å². The van der Waals surface area contributed by atoms with Gasteiger partial charge in [0.15, 0.2) is 0 Å². The molecule has 0 spiro atoms. The Morgan fingerprint density at radius 3 is 2.75 bits per heavy atom. The second kappa shape index (κ2) is 4.83. The van der Waals surface area contributed by atoms with Crippen LogP contribution in [0, 0.1) is 0 Å². The quantitative estimate of drug-likeness (QED) is 0.697. The van der Waals surface area contributed by atoms with Crippen LogP contribution in [0.1, 0.15) is 39.5 Å². The second-order valence-corrected chi connectivity index (χ2v) is 4.06. The van der Waals surface area contributed by atoms with E-state index in [-0.39, 0.29) is 0 Å². The van der Waals surface area contributed by atoms with Crippen molar-refractivity contribution in [2.45, 2.75) is 51.6 Å². The minimum Gasteiger partial charge on any atom is -0.330 e. The molecule has 1 heterocycles. The third kappa shape index (κ3) is 2.46. The lowest BCUT2D eigenvalue weighted by atomic mass is 9.98. The summed E-state index contributed by atoms with van der Waals surface area (Å²) in [5.74, 6) is 0. The molecule has 2 nitrogen and oxygen atoms in total. The standard InChI is InChI=1S/C10H22N2/c1-9(2)12-8-4-3-5-10(12)6-7-11/h9-10H,3-8,11H2,1-2H3. The van der Waals surface area contributed by atoms with Gasteiger partial charge in [0.1, 0.15) is 0 Å². The molecule has 72 valence electrons. The lowest BCUT2D eigenvalue weighted by molar-refractivity contribution is 0.107. The molecule has 0 radical (unpaired) electrons. The van der Waals surface area contributed by atoms with E-state index < -0.39 is 0 Å². The average Bonchev–Trinajstić information content (AvgIpc) is 2.05. The maximum absolute atomic E-state index is 5.60. The third-order valence-electron chi connectivity index (χ3n) is 2.84. The molecule has 0 aromatic heterocycles. The topological polar surface area (TPSA) is 29.3 Å². The van der Waals surface area contributed by atoms with Crippen LogP contribution in [0.15, 0.2) is 0 Å². The average molecular weight is 170 g/mol. The maximum Gasteiger partial charge on any atom is 0.0110 e. The maximum atomic E-state index is 5.60. The monoisotopic (exact) mass is 170 g/mol. The van der Waals surface area contributed by atoms with Gasteiger partial charge in [0.2, 0.25) is 0 Å². The van der Waals surface area contributed by atoms with E-state index in [4.69, 9.17) is 5.73 Å². The van der Waals surface area contributed by atoms with Crippen molar-refractivity contribution in [1.82, 2.24) is 4.90 Å². The first-order valence-electron chi connectivity index (χ1n) is 5.21. The molecule has 1 aliphatic heterocycles. The Hall–Kier alpha value is -0.0800. The highest BCUT2D eigenvalue weighted by atomic mass is 15.2. The van der Waals surface area contributed by atoms with E-state index in [9.17, 15) is 0 Å². The van der Waals surface area contributed by atoms with Crippen molar-refractivity contribution in [2.75, 3.05) is 13.1 Å². The smallest absolute Gasteiger partial charge is 0.0110 e. The van der Waals surface area contributed by atoms with E-state index in [1.807, 2.05) is 0 Å². The summed E-state index contributed by atoms with van der Waals surface area (Å²) in [7, 11) is 0. The summed E-state index contributed by atoms with van der Waals surface area (Å²) in [6, 6.07) is 1.46. The van der Waals surface area contributed by atoms with Crippen LogP contribution in [-0.4, -0.2) is 30.1 Å². The highest BCUT2D eigenvalue weighted by Crippen LogP contribution is 2.21. The highest BCUT2D eigenvalue weighted by Gasteiger charge is 2.23. The Labute approximate surface area is 76.1 Å². The molecular weight excluding hydrogens is 148 g/mol. The van der Waals surface area contributed by atoms with Gasteiger partial charge in [-0.05, 0) is 46.2 Å². The SMILES string of the molecule is CC(C)N1CCCCC1CCN. The normalized spacial score (nSPS) is 26.5. The lowest BCUT2D eigenvalue weighted by Crippen LogP contribution is -2.44. The zero-order valence-corrected chi connectivity index (χ0v) is 8.42. The predicted octanol–water partition coefficient (Wildman–Crippen LogP) is 1.60. The van der Waals surface area contributed by atoms with Crippen molar-refractivity contribution in [3.63, 3.8) is 0 Å². The molecule has 2 N–H and O–H groups in total. The van der Waals surface area contributed by atoms with Gasteiger partial charge in [0.05, 0.1) is 0 Å². The molecule has 1 fully saturated rings. The van der Waals surface area contributed by atoms with E-state index in [0.29, 0.717) is 6.04 Å². The van der Waals surface area contributed by atoms with Gasteiger partial charge in [-0.25, -0.2) is 0 Å². The van der Waals surface area contributed by atoms with E-state index in [1.165, 1.54) is 32.2 Å². The second-order valence-electron chi connectivity index (χ2n) is 4.06. The van der Waals surface area contributed by atoms with E-state index in [1.54, 1.807) is 0 Å². The zero-order chi connectivity index (χ0) is 8.97. The summed E-state index contributed by atoms with van der Waals surface area (Å²) in [6.07, 6.45) is 5.31. The number of nitrogens with two attached hydrogens (primary N) is 1. The first-order chi connectivity index (χ1) is 5.75. The van der Waals surface area contributed by atoms with Gasteiger partial charge >= 0.3 is 0 Å². The molecule has 0 saturated carbocycles. The highest BCUT2D eigenvalue weighted by molar-refractivity contribution is 4.79. The number of hydrogen-bond donors (Lipinski definition) is 1. The summed E-state index contributed by atoms with van der Waals surface area (Å²) in [5.41, 5.74) is 5.60. The summed E-state index contributed by atoms with van der Waals surface area (Å²) in [6.45, 7) is 6.69. The van der Waals surface area contributed by atoms with Gasteiger partial charge in [-0.15, -0.1) is 0 Å². The third-order valence-corrected chi connectivity index (χ3v) is 2.84. The number of rotatable bonds is 3. The lowest BCUT2D eigenvalue weighted by Gasteiger charge is -2.38. The Balaban J connectivity index is 2.42. The molecule has 1 aliphatic rings. The number of nitrogens with zero attached hydrogens (tertiary/aromatic N) is 1. The fraction of sp³-hybridized carbons (Fsp3) is 1.00. The van der Waals surface area contributed by atoms with Crippen molar-refractivity contribution < 1.29 is 0 Å². The van der Waals surface area contributed by atoms with E-state index in [0.717, 1.165) is 12.6 Å². The fourth-order valence-corrected chi connectivity index (χ4v) is 2.21. The molecule has 1 saturated heterocycles. The molecule has 1 rings (SSSR count). The van der Waals surface area contributed by atoms with Gasteiger partial charge in [0, 0.05) is 12.1 Å². The Morgan fingerprint density at radius 2 is 2.17 bits per heavy atom. The van der Waals surface area contributed by atoms with Gasteiger partial charge in [-0.3, -0.25) is 4.90 Å². The number of hydrogen-bond acceptors (Lipinski definition) is 2. The summed E-state index contributed by atoms with van der Waals surface area (Å²) in [4.78, 5) is 2.61. The minimum absolute atomic E-state index is 0.696. The van der Waals surface area contributed by atoms with Gasteiger partial charge in [0.25, 0.3) is 0 Å². The molecule has 12 heavy (non-hydrogen) atoms. The van der Waals surface area contributed by atoms with Gasteiger partial charge in [-0.1, -0.05) is 6.42 Å². The number of piperidine rings is 1. The molecule has 0 aliphatic carbocycles. The van der Waals surface area contributed by atoms with Crippen LogP contribution in [0.4, 0.5) is 0 Å². The van der Waals surface area contributed by atoms with E-state index in [2.05, 4.69) is 18.7 Å². The van der Waals surface area contributed by atoms with Crippen LogP contribution >= 0.6 is 0 Å². The zero-order valence-electron chi connectivity index (χ0n) is 8.42. The van der Waals surface area contributed by atoms with Gasteiger partial charge < -0.3 is 5.73 Å². The minimum atomic E-state index is 0.696. The van der Waals surface area contributed by atoms with Crippen LogP contribution in [0.5, 0.6) is 0 Å². The first-order valence-corrected chi connectivity index (χ1v) is 5.21. The van der Waals surface area contributed by atoms with Crippen molar-refractivity contribution in [2.24, 2.45) is 5.73 Å². The molecule has 2 heteroatoms. The number of likely N-dealkylation sites (tertiary alicyclic amines) is 1. The summed E-state index contributed by atoms with van der Waals surface area (Å²) >= 11 is 0. The van der Waals surface area contributed by atoms with Gasteiger partial charge in [-0.2, -0.15) is 0 Å². The fourth-order valence-electron chi connectivity index (χ4n) is 2.21. The van der Waals surface area contributed by atoms with Crippen molar-refractivity contribution in [3.05, 3.63) is 0 Å². The molecule has 1 unspecified atom stereocenters. The Bertz CT molecular complexity index is 121. The molecule has 1 atom stereocenters. The summed E-state index contributed by atoms with van der Waals surface area (Å²) in [5, 5.41) is 0. The molecule has 0 bridgehead atoms. The van der Waals surface area contributed by atoms with Crippen molar-refractivity contribution >= 4 is 0 Å². The first kappa shape index (κ1) is 10.0. The van der Waals surface area contributed by atoms with Crippen LogP contribution < -0.4 is 5.73 Å². The van der Waals surface area contributed by atoms with Crippen molar-refractivity contribution in [3.8, 4) is 0 Å². The van der Waals surface area contributed by atoms with Crippen LogP contribution in [0.2, 0.25) is 0 Å². The van der Waals surface area contributed by atoms with Crippen LogP contribution in [0.25, 0.3) is 0 Å². The molecule has 0 aromatic rings. The molecule has 0 amide bonds. The molecule has 0 aromatic carbocycles. The predicted molar refractivity (Wildman–Crippen MR) is 53.2 cm³/mol. The van der Waals surface area contributed by atoms with E-state index >= 15 is 0 Å². The Kier molecular flexibility index (Phi) is 4.02. The molecular formula is C10H22N2. The van der Waals surface area contributed by atoms with Crippen LogP contribution in [0.3, 0.4) is 0 Å². The van der Waals surface area contributed by atoms with Crippen molar-refractivity contribution in [1.29, 1.82) is 0 Å².